The second-order valence-electron chi connectivity index (χ2n) is 4.74. The predicted octanol–water partition coefficient (Wildman–Crippen LogP) is 4.02. The summed E-state index contributed by atoms with van der Waals surface area (Å²) in [6.45, 7) is 3.65. The third-order valence-electron chi connectivity index (χ3n) is 3.11. The van der Waals surface area contributed by atoms with E-state index < -0.39 is 5.97 Å². The van der Waals surface area contributed by atoms with Crippen LogP contribution in [0, 0.1) is 13.8 Å². The van der Waals surface area contributed by atoms with E-state index in [1.54, 1.807) is 31.2 Å². The molecule has 21 heavy (non-hydrogen) atoms. The molecule has 0 saturated heterocycles. The number of carbonyl (C=O) groups excluding carboxylic acids is 1. The number of carbonyl (C=O) groups is 2. The number of hydrogen-bond acceptors (Lipinski definition) is 2. The normalized spacial score (nSPS) is 10.2. The van der Waals surface area contributed by atoms with Gasteiger partial charge in [-0.05, 0) is 53.5 Å². The van der Waals surface area contributed by atoms with Gasteiger partial charge in [-0.3, -0.25) is 4.79 Å². The average Bonchev–Trinajstić information content (AvgIpc) is 2.43. The molecule has 0 aliphatic rings. The molecule has 0 saturated carbocycles. The molecule has 2 rings (SSSR count). The Morgan fingerprint density at radius 2 is 1.81 bits per heavy atom. The van der Waals surface area contributed by atoms with Crippen molar-refractivity contribution in [3.63, 3.8) is 0 Å². The van der Waals surface area contributed by atoms with Crippen LogP contribution < -0.4 is 5.32 Å². The van der Waals surface area contributed by atoms with Crippen LogP contribution in [0.25, 0.3) is 0 Å². The molecule has 0 aliphatic heterocycles. The van der Waals surface area contributed by atoms with E-state index in [9.17, 15) is 14.7 Å². The molecular weight excluding hydrogens is 334 g/mol. The second kappa shape index (κ2) is 6.10. The molecule has 0 radical (unpaired) electrons. The van der Waals surface area contributed by atoms with Crippen LogP contribution in [-0.4, -0.2) is 17.0 Å². The molecule has 5 heteroatoms. The maximum atomic E-state index is 12.4. The third-order valence-corrected chi connectivity index (χ3v) is 3.80. The Labute approximate surface area is 130 Å². The zero-order valence-electron chi connectivity index (χ0n) is 11.6. The van der Waals surface area contributed by atoms with Gasteiger partial charge in [0.05, 0.1) is 16.8 Å². The first kappa shape index (κ1) is 15.3. The van der Waals surface area contributed by atoms with Crippen LogP contribution in [0.3, 0.4) is 0 Å². The van der Waals surface area contributed by atoms with Gasteiger partial charge in [-0.25, -0.2) is 4.79 Å². The zero-order valence-corrected chi connectivity index (χ0v) is 13.2. The lowest BCUT2D eigenvalue weighted by molar-refractivity contribution is 0.0698. The number of aromatic carboxylic acids is 1. The summed E-state index contributed by atoms with van der Waals surface area (Å²) in [5.41, 5.74) is 2.52. The van der Waals surface area contributed by atoms with E-state index in [0.29, 0.717) is 21.3 Å². The van der Waals surface area contributed by atoms with Crippen molar-refractivity contribution in [3.05, 3.63) is 63.1 Å². The molecular formula is C16H14BrNO3. The lowest BCUT2D eigenvalue weighted by Crippen LogP contribution is -2.16. The summed E-state index contributed by atoms with van der Waals surface area (Å²) in [5, 5.41) is 11.9. The van der Waals surface area contributed by atoms with E-state index in [1.807, 2.05) is 13.0 Å². The predicted molar refractivity (Wildman–Crippen MR) is 85.0 cm³/mol. The summed E-state index contributed by atoms with van der Waals surface area (Å²) in [5.74, 6) is -1.42. The first-order chi connectivity index (χ1) is 9.90. The Bertz CT molecular complexity index is 725. The minimum atomic E-state index is -1.07. The Kier molecular flexibility index (Phi) is 4.43. The standard InChI is InChI=1S/C16H14BrNO3/c1-9-6-7-13(17)12(8-9)15(19)18-14-10(2)4-3-5-11(14)16(20)21/h3-8H,1-2H3,(H,18,19)(H,20,21). The summed E-state index contributed by atoms with van der Waals surface area (Å²) in [4.78, 5) is 23.6. The highest BCUT2D eigenvalue weighted by Crippen LogP contribution is 2.24. The fourth-order valence-corrected chi connectivity index (χ4v) is 2.43. The summed E-state index contributed by atoms with van der Waals surface area (Å²) in [6, 6.07) is 10.3. The van der Waals surface area contributed by atoms with Crippen LogP contribution in [0.4, 0.5) is 5.69 Å². The van der Waals surface area contributed by atoms with Crippen LogP contribution in [-0.2, 0) is 0 Å². The number of anilines is 1. The number of benzene rings is 2. The van der Waals surface area contributed by atoms with Crippen LogP contribution in [0.15, 0.2) is 40.9 Å². The van der Waals surface area contributed by atoms with Crippen molar-refractivity contribution < 1.29 is 14.7 Å². The minimum Gasteiger partial charge on any atom is -0.478 e. The topological polar surface area (TPSA) is 66.4 Å². The first-order valence-corrected chi connectivity index (χ1v) is 7.10. The van der Waals surface area contributed by atoms with Crippen molar-refractivity contribution in [1.82, 2.24) is 0 Å². The number of hydrogen-bond donors (Lipinski definition) is 2. The molecule has 0 aliphatic carbocycles. The van der Waals surface area contributed by atoms with Gasteiger partial charge in [-0.1, -0.05) is 23.8 Å². The van der Waals surface area contributed by atoms with Crippen LogP contribution >= 0.6 is 15.9 Å². The molecule has 1 amide bonds. The van der Waals surface area contributed by atoms with Gasteiger partial charge < -0.3 is 10.4 Å². The Morgan fingerprint density at radius 1 is 1.10 bits per heavy atom. The molecule has 0 heterocycles. The molecule has 0 unspecified atom stereocenters. The van der Waals surface area contributed by atoms with Crippen LogP contribution in [0.5, 0.6) is 0 Å². The largest absolute Gasteiger partial charge is 0.478 e. The first-order valence-electron chi connectivity index (χ1n) is 6.30. The second-order valence-corrected chi connectivity index (χ2v) is 5.59. The number of halogens is 1. The molecule has 0 bridgehead atoms. The highest BCUT2D eigenvalue weighted by Gasteiger charge is 2.17. The van der Waals surface area contributed by atoms with Gasteiger partial charge in [0.1, 0.15) is 0 Å². The molecule has 0 aromatic heterocycles. The van der Waals surface area contributed by atoms with Gasteiger partial charge in [-0.15, -0.1) is 0 Å². The number of carboxylic acids is 1. The van der Waals surface area contributed by atoms with Crippen molar-refractivity contribution >= 4 is 33.5 Å². The van der Waals surface area contributed by atoms with Gasteiger partial charge in [0.15, 0.2) is 0 Å². The smallest absolute Gasteiger partial charge is 0.337 e. The van der Waals surface area contributed by atoms with E-state index in [2.05, 4.69) is 21.2 Å². The maximum absolute atomic E-state index is 12.4. The molecule has 4 nitrogen and oxygen atoms in total. The molecule has 2 N–H and O–H groups in total. The van der Waals surface area contributed by atoms with Crippen molar-refractivity contribution in [3.8, 4) is 0 Å². The highest BCUT2D eigenvalue weighted by molar-refractivity contribution is 9.10. The van der Waals surface area contributed by atoms with Crippen LogP contribution in [0.2, 0.25) is 0 Å². The number of para-hydroxylation sites is 1. The van der Waals surface area contributed by atoms with E-state index in [4.69, 9.17) is 0 Å². The van der Waals surface area contributed by atoms with Gasteiger partial charge in [0, 0.05) is 4.47 Å². The Hall–Kier alpha value is -2.14. The molecule has 2 aromatic rings. The molecule has 2 aromatic carbocycles. The number of carboxylic acid groups (broad SMARTS) is 1. The average molecular weight is 348 g/mol. The molecule has 108 valence electrons. The van der Waals surface area contributed by atoms with E-state index >= 15 is 0 Å². The number of amides is 1. The Balaban J connectivity index is 2.41. The minimum absolute atomic E-state index is 0.0760. The summed E-state index contributed by atoms with van der Waals surface area (Å²) in [6.07, 6.45) is 0. The number of rotatable bonds is 3. The maximum Gasteiger partial charge on any atom is 0.337 e. The van der Waals surface area contributed by atoms with E-state index in [0.717, 1.165) is 5.56 Å². The van der Waals surface area contributed by atoms with Crippen molar-refractivity contribution in [1.29, 1.82) is 0 Å². The fourth-order valence-electron chi connectivity index (χ4n) is 2.01. The SMILES string of the molecule is Cc1ccc(Br)c(C(=O)Nc2c(C)cccc2C(=O)O)c1. The Morgan fingerprint density at radius 3 is 2.48 bits per heavy atom. The summed E-state index contributed by atoms with van der Waals surface area (Å²) >= 11 is 3.33. The van der Waals surface area contributed by atoms with Crippen molar-refractivity contribution in [2.24, 2.45) is 0 Å². The third kappa shape index (κ3) is 3.31. The molecule has 0 fully saturated rings. The van der Waals surface area contributed by atoms with Gasteiger partial charge in [0.25, 0.3) is 5.91 Å². The number of aryl methyl sites for hydroxylation is 2. The zero-order chi connectivity index (χ0) is 15.6. The lowest BCUT2D eigenvalue weighted by atomic mass is 10.1. The van der Waals surface area contributed by atoms with Gasteiger partial charge in [0.2, 0.25) is 0 Å². The quantitative estimate of drug-likeness (QED) is 0.881. The monoisotopic (exact) mass is 347 g/mol. The van der Waals surface area contributed by atoms with Crippen molar-refractivity contribution in [2.45, 2.75) is 13.8 Å². The molecule has 0 atom stereocenters. The lowest BCUT2D eigenvalue weighted by Gasteiger charge is -2.12. The van der Waals surface area contributed by atoms with Crippen molar-refractivity contribution in [2.75, 3.05) is 5.32 Å². The van der Waals surface area contributed by atoms with Gasteiger partial charge >= 0.3 is 5.97 Å². The number of nitrogens with one attached hydrogen (secondary N) is 1. The van der Waals surface area contributed by atoms with Crippen LogP contribution in [0.1, 0.15) is 31.8 Å². The summed E-state index contributed by atoms with van der Waals surface area (Å²) < 4.78 is 0.663. The van der Waals surface area contributed by atoms with E-state index in [-0.39, 0.29) is 11.5 Å². The highest BCUT2D eigenvalue weighted by atomic mass is 79.9. The fraction of sp³-hybridized carbons (Fsp3) is 0.125. The summed E-state index contributed by atoms with van der Waals surface area (Å²) in [7, 11) is 0. The van der Waals surface area contributed by atoms with Gasteiger partial charge in [-0.2, -0.15) is 0 Å². The molecule has 0 spiro atoms. The van der Waals surface area contributed by atoms with E-state index in [1.165, 1.54) is 6.07 Å².